The fourth-order valence-electron chi connectivity index (χ4n) is 3.65. The van der Waals surface area contributed by atoms with E-state index in [2.05, 4.69) is 4.98 Å². The van der Waals surface area contributed by atoms with Crippen LogP contribution in [0, 0.1) is 5.82 Å². The highest BCUT2D eigenvalue weighted by Crippen LogP contribution is 2.32. The van der Waals surface area contributed by atoms with Crippen molar-refractivity contribution in [2.45, 2.75) is 36.2 Å². The molecule has 0 aliphatic carbocycles. The third-order valence-corrected chi connectivity index (χ3v) is 7.05. The molecule has 0 spiro atoms. The highest BCUT2D eigenvalue weighted by Gasteiger charge is 2.43. The van der Waals surface area contributed by atoms with Crippen LogP contribution in [0.1, 0.15) is 12.0 Å². The molecule has 2 unspecified atom stereocenters. The van der Waals surface area contributed by atoms with Crippen molar-refractivity contribution in [3.8, 4) is 0 Å². The minimum atomic E-state index is -3.57. The molecule has 0 saturated carbocycles. The zero-order chi connectivity index (χ0) is 21.9. The summed E-state index contributed by atoms with van der Waals surface area (Å²) in [5, 5.41) is 0. The van der Waals surface area contributed by atoms with Gasteiger partial charge in [-0.1, -0.05) is 12.1 Å². The van der Waals surface area contributed by atoms with Crippen LogP contribution in [0.15, 0.2) is 72.1 Å². The van der Waals surface area contributed by atoms with Crippen molar-refractivity contribution in [3.63, 3.8) is 0 Å². The van der Waals surface area contributed by atoms with Gasteiger partial charge >= 0.3 is 0 Å². The summed E-state index contributed by atoms with van der Waals surface area (Å²) in [5.74, 6) is -1.49. The number of halogens is 1. The molecule has 9 heteroatoms. The number of nitrogen functional groups attached to an aromatic ring is 1. The lowest BCUT2D eigenvalue weighted by molar-refractivity contribution is -0.180. The van der Waals surface area contributed by atoms with Crippen LogP contribution in [0.5, 0.6) is 0 Å². The molecule has 1 fully saturated rings. The Morgan fingerprint density at radius 2 is 1.90 bits per heavy atom. The minimum absolute atomic E-state index is 0.159. The topological polar surface area (TPSA) is 96.4 Å². The second-order valence-corrected chi connectivity index (χ2v) is 9.71. The van der Waals surface area contributed by atoms with E-state index in [0.29, 0.717) is 25.1 Å². The first-order valence-electron chi connectivity index (χ1n) is 9.94. The standard InChI is InChI=1S/C22H24FN3O4S/c23-18-3-1-17(2-4-18)9-10-22(15-26-12-11-25-16-26)29-13-20(30-22)14-31(27,28)21-7-5-19(24)6-8-21/h1-8,11-12,16,20H,9-10,13-15,24H2. The Morgan fingerprint density at radius 3 is 2.58 bits per heavy atom. The van der Waals surface area contributed by atoms with Gasteiger partial charge < -0.3 is 19.8 Å². The van der Waals surface area contributed by atoms with Crippen LogP contribution >= 0.6 is 0 Å². The summed E-state index contributed by atoms with van der Waals surface area (Å²) < 4.78 is 52.9. The number of aromatic nitrogens is 2. The molecule has 31 heavy (non-hydrogen) atoms. The van der Waals surface area contributed by atoms with Crippen LogP contribution in [0.25, 0.3) is 0 Å². The molecule has 3 aromatic rings. The van der Waals surface area contributed by atoms with Crippen molar-refractivity contribution in [2.75, 3.05) is 18.1 Å². The Labute approximate surface area is 180 Å². The van der Waals surface area contributed by atoms with Crippen LogP contribution < -0.4 is 5.73 Å². The molecular formula is C22H24FN3O4S. The van der Waals surface area contributed by atoms with E-state index in [0.717, 1.165) is 5.56 Å². The first-order valence-corrected chi connectivity index (χ1v) is 11.6. The Morgan fingerprint density at radius 1 is 1.16 bits per heavy atom. The van der Waals surface area contributed by atoms with Crippen LogP contribution in [0.4, 0.5) is 10.1 Å². The maximum absolute atomic E-state index is 13.2. The Kier molecular flexibility index (Phi) is 6.08. The molecule has 2 heterocycles. The van der Waals surface area contributed by atoms with Crippen molar-refractivity contribution < 1.29 is 22.3 Å². The van der Waals surface area contributed by atoms with Gasteiger partial charge in [0.15, 0.2) is 15.6 Å². The molecular weight excluding hydrogens is 421 g/mol. The van der Waals surface area contributed by atoms with Gasteiger partial charge in [0.25, 0.3) is 0 Å². The van der Waals surface area contributed by atoms with E-state index in [1.165, 1.54) is 24.3 Å². The minimum Gasteiger partial charge on any atom is -0.399 e. The summed E-state index contributed by atoms with van der Waals surface area (Å²) >= 11 is 0. The number of sulfone groups is 1. The summed E-state index contributed by atoms with van der Waals surface area (Å²) in [6.07, 6.45) is 5.57. The Bertz CT molecular complexity index is 1100. The number of rotatable bonds is 8. The predicted octanol–water partition coefficient (Wildman–Crippen LogP) is 2.82. The van der Waals surface area contributed by atoms with Gasteiger partial charge in [0, 0.05) is 24.5 Å². The van der Waals surface area contributed by atoms with Crippen LogP contribution in [-0.4, -0.2) is 42.2 Å². The van der Waals surface area contributed by atoms with Gasteiger partial charge in [-0.3, -0.25) is 0 Å². The Hall–Kier alpha value is -2.75. The molecule has 1 aliphatic rings. The maximum Gasteiger partial charge on any atom is 0.187 e. The highest BCUT2D eigenvalue weighted by atomic mass is 32.2. The molecule has 0 amide bonds. The van der Waals surface area contributed by atoms with Gasteiger partial charge in [0.1, 0.15) is 5.82 Å². The van der Waals surface area contributed by atoms with Gasteiger partial charge in [-0.05, 0) is 48.4 Å². The van der Waals surface area contributed by atoms with Crippen molar-refractivity contribution in [1.29, 1.82) is 0 Å². The summed E-state index contributed by atoms with van der Waals surface area (Å²) in [6.45, 7) is 0.527. The quantitative estimate of drug-likeness (QED) is 0.536. The van der Waals surface area contributed by atoms with E-state index in [9.17, 15) is 12.8 Å². The second kappa shape index (κ2) is 8.78. The number of anilines is 1. The lowest BCUT2D eigenvalue weighted by Gasteiger charge is -2.28. The monoisotopic (exact) mass is 445 g/mol. The lowest BCUT2D eigenvalue weighted by atomic mass is 10.0. The van der Waals surface area contributed by atoms with E-state index in [1.807, 2.05) is 4.57 Å². The van der Waals surface area contributed by atoms with Crippen LogP contribution in [-0.2, 0) is 32.3 Å². The molecule has 0 radical (unpaired) electrons. The fourth-order valence-corrected chi connectivity index (χ4v) is 5.05. The summed E-state index contributed by atoms with van der Waals surface area (Å²) in [7, 11) is -3.57. The highest BCUT2D eigenvalue weighted by molar-refractivity contribution is 7.91. The molecule has 164 valence electrons. The third-order valence-electron chi connectivity index (χ3n) is 5.25. The number of imidazole rings is 1. The molecule has 1 saturated heterocycles. The normalized spacial score (nSPS) is 21.4. The van der Waals surface area contributed by atoms with Gasteiger partial charge in [-0.2, -0.15) is 0 Å². The average molecular weight is 446 g/mol. The first-order chi connectivity index (χ1) is 14.8. The molecule has 2 N–H and O–H groups in total. The molecule has 2 atom stereocenters. The van der Waals surface area contributed by atoms with Gasteiger partial charge in [-0.25, -0.2) is 17.8 Å². The zero-order valence-corrected chi connectivity index (χ0v) is 17.7. The number of nitrogens with zero attached hydrogens (tertiary/aromatic N) is 2. The number of hydrogen-bond donors (Lipinski definition) is 1. The van der Waals surface area contributed by atoms with E-state index >= 15 is 0 Å². The first kappa shape index (κ1) is 21.5. The van der Waals surface area contributed by atoms with Gasteiger partial charge in [-0.15, -0.1) is 0 Å². The predicted molar refractivity (Wildman–Crippen MR) is 113 cm³/mol. The van der Waals surface area contributed by atoms with E-state index in [-0.39, 0.29) is 23.1 Å². The molecule has 4 rings (SSSR count). The summed E-state index contributed by atoms with van der Waals surface area (Å²) in [6, 6.07) is 12.4. The molecule has 2 aromatic carbocycles. The smallest absolute Gasteiger partial charge is 0.187 e. The van der Waals surface area contributed by atoms with Crippen LogP contribution in [0.3, 0.4) is 0 Å². The molecule has 1 aliphatic heterocycles. The average Bonchev–Trinajstić information content (AvgIpc) is 3.38. The zero-order valence-electron chi connectivity index (χ0n) is 16.9. The molecule has 1 aromatic heterocycles. The lowest BCUT2D eigenvalue weighted by Crippen LogP contribution is -2.37. The SMILES string of the molecule is Nc1ccc(S(=O)(=O)CC2COC(CCc3ccc(F)cc3)(Cn3ccnc3)O2)cc1. The number of nitrogens with two attached hydrogens (primary N) is 1. The van der Waals surface area contributed by atoms with E-state index in [4.69, 9.17) is 15.2 Å². The maximum atomic E-state index is 13.2. The van der Waals surface area contributed by atoms with Crippen LogP contribution in [0.2, 0.25) is 0 Å². The summed E-state index contributed by atoms with van der Waals surface area (Å²) in [4.78, 5) is 4.25. The van der Waals surface area contributed by atoms with Gasteiger partial charge in [0.05, 0.1) is 36.2 Å². The fraction of sp³-hybridized carbons (Fsp3) is 0.318. The third kappa shape index (κ3) is 5.30. The molecule has 7 nitrogen and oxygen atoms in total. The number of hydrogen-bond acceptors (Lipinski definition) is 6. The van der Waals surface area contributed by atoms with Crippen molar-refractivity contribution in [1.82, 2.24) is 9.55 Å². The molecule has 0 bridgehead atoms. The van der Waals surface area contributed by atoms with Crippen molar-refractivity contribution >= 4 is 15.5 Å². The number of aryl methyl sites for hydroxylation is 1. The second-order valence-electron chi connectivity index (χ2n) is 7.67. The number of benzene rings is 2. The van der Waals surface area contributed by atoms with Gasteiger partial charge in [0.2, 0.25) is 0 Å². The van der Waals surface area contributed by atoms with E-state index < -0.39 is 21.7 Å². The largest absolute Gasteiger partial charge is 0.399 e. The van der Waals surface area contributed by atoms with Crippen molar-refractivity contribution in [3.05, 3.63) is 78.6 Å². The van der Waals surface area contributed by atoms with Crippen molar-refractivity contribution in [2.24, 2.45) is 0 Å². The Balaban J connectivity index is 1.48. The summed E-state index contributed by atoms with van der Waals surface area (Å²) in [5.41, 5.74) is 7.10. The van der Waals surface area contributed by atoms with E-state index in [1.54, 1.807) is 43.0 Å². The number of ether oxygens (including phenoxy) is 2.